The highest BCUT2D eigenvalue weighted by atomic mass is 35.5. The normalized spacial score (nSPS) is 12.0. The molecule has 174 valence electrons. The van der Waals surface area contributed by atoms with Crippen LogP contribution in [0.25, 0.3) is 22.3 Å². The average Bonchev–Trinajstić information content (AvgIpc) is 3.28. The van der Waals surface area contributed by atoms with Crippen LogP contribution >= 0.6 is 11.6 Å². The van der Waals surface area contributed by atoms with E-state index in [1.165, 1.54) is 5.56 Å². The summed E-state index contributed by atoms with van der Waals surface area (Å²) in [6, 6.07) is 25.3. The Kier molecular flexibility index (Phi) is 6.39. The van der Waals surface area contributed by atoms with E-state index in [0.717, 1.165) is 44.5 Å². The number of nitrogens with zero attached hydrogens (tertiary/aromatic N) is 1. The van der Waals surface area contributed by atoms with Gasteiger partial charge in [0.05, 0.1) is 12.5 Å². The number of aromatic nitrogens is 1. The van der Waals surface area contributed by atoms with Gasteiger partial charge in [0.25, 0.3) is 0 Å². The molecule has 0 aliphatic heterocycles. The van der Waals surface area contributed by atoms with Crippen molar-refractivity contribution in [1.29, 1.82) is 0 Å². The molecule has 0 radical (unpaired) electrons. The molecule has 2 aromatic heterocycles. The third-order valence-electron chi connectivity index (χ3n) is 6.14. The molecule has 1 atom stereocenters. The van der Waals surface area contributed by atoms with E-state index in [-0.39, 0.29) is 18.4 Å². The van der Waals surface area contributed by atoms with Crippen LogP contribution in [-0.2, 0) is 11.2 Å². The SMILES string of the molecule is Cc1ccc(C(NC(=O)Cc2ccc3oc(-c4cccnc4)cc3c2)c2ccc(Cl)cc2)c(C)c1. The summed E-state index contributed by atoms with van der Waals surface area (Å²) in [5.41, 5.74) is 6.99. The molecule has 1 amide bonds. The summed E-state index contributed by atoms with van der Waals surface area (Å²) in [6.07, 6.45) is 3.77. The van der Waals surface area contributed by atoms with Crippen LogP contribution < -0.4 is 5.32 Å². The molecule has 5 rings (SSSR count). The van der Waals surface area contributed by atoms with E-state index in [1.54, 1.807) is 12.4 Å². The number of hydrogen-bond donors (Lipinski definition) is 1. The van der Waals surface area contributed by atoms with Crippen molar-refractivity contribution in [2.24, 2.45) is 0 Å². The van der Waals surface area contributed by atoms with Gasteiger partial charge in [-0.15, -0.1) is 0 Å². The number of pyridine rings is 1. The highest BCUT2D eigenvalue weighted by Crippen LogP contribution is 2.29. The number of rotatable bonds is 6. The fourth-order valence-electron chi connectivity index (χ4n) is 4.40. The predicted octanol–water partition coefficient (Wildman–Crippen LogP) is 7.21. The van der Waals surface area contributed by atoms with Gasteiger partial charge in [-0.25, -0.2) is 0 Å². The molecule has 0 saturated heterocycles. The fourth-order valence-corrected chi connectivity index (χ4v) is 4.52. The first-order chi connectivity index (χ1) is 17.0. The van der Waals surface area contributed by atoms with Crippen LogP contribution in [0.4, 0.5) is 0 Å². The van der Waals surface area contributed by atoms with Crippen LogP contribution in [0, 0.1) is 13.8 Å². The molecule has 0 fully saturated rings. The lowest BCUT2D eigenvalue weighted by molar-refractivity contribution is -0.120. The maximum Gasteiger partial charge on any atom is 0.225 e. The molecule has 0 aliphatic carbocycles. The van der Waals surface area contributed by atoms with Crippen LogP contribution in [0.15, 0.2) is 95.7 Å². The zero-order valence-corrected chi connectivity index (χ0v) is 20.3. The maximum atomic E-state index is 13.2. The second-order valence-corrected chi connectivity index (χ2v) is 9.25. The minimum atomic E-state index is -0.268. The van der Waals surface area contributed by atoms with Crippen molar-refractivity contribution in [1.82, 2.24) is 10.3 Å². The van der Waals surface area contributed by atoms with Crippen LogP contribution in [0.1, 0.15) is 33.9 Å². The van der Waals surface area contributed by atoms with Gasteiger partial charge in [0.2, 0.25) is 5.91 Å². The summed E-state index contributed by atoms with van der Waals surface area (Å²) in [6.45, 7) is 4.14. The molecule has 3 aromatic carbocycles. The highest BCUT2D eigenvalue weighted by Gasteiger charge is 2.19. The first kappa shape index (κ1) is 22.9. The predicted molar refractivity (Wildman–Crippen MR) is 141 cm³/mol. The monoisotopic (exact) mass is 480 g/mol. The number of aryl methyl sites for hydroxylation is 2. The Morgan fingerprint density at radius 1 is 1.00 bits per heavy atom. The van der Waals surface area contributed by atoms with E-state index in [9.17, 15) is 4.79 Å². The number of furan rings is 1. The Morgan fingerprint density at radius 3 is 2.57 bits per heavy atom. The summed E-state index contributed by atoms with van der Waals surface area (Å²) < 4.78 is 5.98. The number of benzene rings is 3. The van der Waals surface area contributed by atoms with E-state index >= 15 is 0 Å². The number of hydrogen-bond acceptors (Lipinski definition) is 3. The number of amides is 1. The number of carbonyl (C=O) groups excluding carboxylic acids is 1. The lowest BCUT2D eigenvalue weighted by atomic mass is 9.93. The van der Waals surface area contributed by atoms with Gasteiger partial charge in [0.1, 0.15) is 11.3 Å². The van der Waals surface area contributed by atoms with Gasteiger partial charge >= 0.3 is 0 Å². The van der Waals surface area contributed by atoms with E-state index in [1.807, 2.05) is 60.7 Å². The van der Waals surface area contributed by atoms with Gasteiger partial charge in [-0.2, -0.15) is 0 Å². The van der Waals surface area contributed by atoms with Gasteiger partial charge in [-0.05, 0) is 78.6 Å². The Hall–Kier alpha value is -3.89. The first-order valence-electron chi connectivity index (χ1n) is 11.5. The summed E-state index contributed by atoms with van der Waals surface area (Å²) in [5, 5.41) is 4.86. The zero-order valence-electron chi connectivity index (χ0n) is 19.6. The Bertz CT molecular complexity index is 1490. The van der Waals surface area contributed by atoms with Gasteiger partial charge in [0, 0.05) is 28.4 Å². The average molecular weight is 481 g/mol. The van der Waals surface area contributed by atoms with Gasteiger partial charge in [0.15, 0.2) is 0 Å². The molecule has 1 unspecified atom stereocenters. The summed E-state index contributed by atoms with van der Waals surface area (Å²) in [4.78, 5) is 17.4. The maximum absolute atomic E-state index is 13.2. The van der Waals surface area contributed by atoms with Crippen LogP contribution in [-0.4, -0.2) is 10.9 Å². The minimum absolute atomic E-state index is 0.0553. The summed E-state index contributed by atoms with van der Waals surface area (Å²) in [5.74, 6) is 0.701. The molecule has 35 heavy (non-hydrogen) atoms. The Morgan fingerprint density at radius 2 is 1.83 bits per heavy atom. The Balaban J connectivity index is 1.39. The molecule has 5 aromatic rings. The van der Waals surface area contributed by atoms with Gasteiger partial charge in [-0.3, -0.25) is 9.78 Å². The van der Waals surface area contributed by atoms with Crippen molar-refractivity contribution < 1.29 is 9.21 Å². The van der Waals surface area contributed by atoms with Crippen molar-refractivity contribution in [3.05, 3.63) is 124 Å². The lowest BCUT2D eigenvalue weighted by Gasteiger charge is -2.22. The van der Waals surface area contributed by atoms with E-state index < -0.39 is 0 Å². The summed E-state index contributed by atoms with van der Waals surface area (Å²) >= 11 is 6.12. The fraction of sp³-hybridized carbons (Fsp3) is 0.133. The van der Waals surface area contributed by atoms with Gasteiger partial charge in [-0.1, -0.05) is 53.6 Å². The molecule has 4 nitrogen and oxygen atoms in total. The van der Waals surface area contributed by atoms with Crippen molar-refractivity contribution in [2.75, 3.05) is 0 Å². The molecule has 0 spiro atoms. The largest absolute Gasteiger partial charge is 0.456 e. The van der Waals surface area contributed by atoms with Crippen LogP contribution in [0.2, 0.25) is 5.02 Å². The number of fused-ring (bicyclic) bond motifs is 1. The molecule has 0 bridgehead atoms. The van der Waals surface area contributed by atoms with Crippen molar-refractivity contribution in [3.63, 3.8) is 0 Å². The second-order valence-electron chi connectivity index (χ2n) is 8.81. The molecule has 0 aliphatic rings. The van der Waals surface area contributed by atoms with Crippen molar-refractivity contribution in [3.8, 4) is 11.3 Å². The molecule has 0 saturated carbocycles. The lowest BCUT2D eigenvalue weighted by Crippen LogP contribution is -2.31. The number of nitrogens with one attached hydrogen (secondary N) is 1. The minimum Gasteiger partial charge on any atom is -0.456 e. The standard InChI is InChI=1S/C30H25ClN2O2/c1-19-5-11-26(20(2)14-19)30(22-7-9-25(31)10-8-22)33-29(34)16-21-6-12-27-24(15-21)17-28(35-27)23-4-3-13-32-18-23/h3-15,17-18,30H,16H2,1-2H3,(H,33,34). The van der Waals surface area contributed by atoms with Crippen molar-refractivity contribution >= 4 is 28.5 Å². The van der Waals surface area contributed by atoms with E-state index in [2.05, 4.69) is 42.3 Å². The third kappa shape index (κ3) is 5.13. The molecule has 1 N–H and O–H groups in total. The quantitative estimate of drug-likeness (QED) is 0.279. The highest BCUT2D eigenvalue weighted by molar-refractivity contribution is 6.30. The zero-order chi connectivity index (χ0) is 24.4. The topological polar surface area (TPSA) is 55.1 Å². The van der Waals surface area contributed by atoms with E-state index in [4.69, 9.17) is 16.0 Å². The third-order valence-corrected chi connectivity index (χ3v) is 6.39. The van der Waals surface area contributed by atoms with Gasteiger partial charge < -0.3 is 9.73 Å². The number of halogens is 1. The van der Waals surface area contributed by atoms with Crippen LogP contribution in [0.3, 0.4) is 0 Å². The first-order valence-corrected chi connectivity index (χ1v) is 11.9. The second kappa shape index (κ2) is 9.77. The van der Waals surface area contributed by atoms with Crippen molar-refractivity contribution in [2.45, 2.75) is 26.3 Å². The molecule has 2 heterocycles. The number of carbonyl (C=O) groups is 1. The molecular formula is C30H25ClN2O2. The smallest absolute Gasteiger partial charge is 0.225 e. The van der Waals surface area contributed by atoms with E-state index in [0.29, 0.717) is 5.02 Å². The molecular weight excluding hydrogens is 456 g/mol. The summed E-state index contributed by atoms with van der Waals surface area (Å²) in [7, 11) is 0. The van der Waals surface area contributed by atoms with Crippen LogP contribution in [0.5, 0.6) is 0 Å². The molecule has 5 heteroatoms. The Labute approximate surface area is 209 Å².